The first-order valence-corrected chi connectivity index (χ1v) is 5.64. The Bertz CT molecular complexity index is 300. The van der Waals surface area contributed by atoms with Crippen molar-refractivity contribution in [3.8, 4) is 0 Å². The van der Waals surface area contributed by atoms with E-state index in [0.717, 1.165) is 6.42 Å². The van der Waals surface area contributed by atoms with Crippen molar-refractivity contribution in [1.82, 2.24) is 5.43 Å². The van der Waals surface area contributed by atoms with Gasteiger partial charge in [0, 0.05) is 5.54 Å². The minimum atomic E-state index is 0.0827. The molecule has 1 aromatic rings. The molecular formula is C13H22N2. The van der Waals surface area contributed by atoms with Crippen molar-refractivity contribution in [2.75, 3.05) is 5.43 Å². The summed E-state index contributed by atoms with van der Waals surface area (Å²) >= 11 is 0. The van der Waals surface area contributed by atoms with Gasteiger partial charge in [-0.1, -0.05) is 31.5 Å². The van der Waals surface area contributed by atoms with Gasteiger partial charge in [-0.2, -0.15) is 0 Å². The Labute approximate surface area is 93.1 Å². The second-order valence-electron chi connectivity index (χ2n) is 4.91. The molecule has 84 valence electrons. The van der Waals surface area contributed by atoms with Gasteiger partial charge in [0.15, 0.2) is 0 Å². The van der Waals surface area contributed by atoms with Crippen molar-refractivity contribution < 1.29 is 0 Å². The van der Waals surface area contributed by atoms with Gasteiger partial charge in [-0.05, 0) is 38.8 Å². The van der Waals surface area contributed by atoms with Gasteiger partial charge in [-0.3, -0.25) is 0 Å². The van der Waals surface area contributed by atoms with E-state index < -0.39 is 0 Å². The molecule has 2 heteroatoms. The Morgan fingerprint density at radius 2 is 1.80 bits per heavy atom. The minimum absolute atomic E-state index is 0.0827. The molecule has 0 radical (unpaired) electrons. The number of rotatable bonds is 4. The average molecular weight is 206 g/mol. The van der Waals surface area contributed by atoms with E-state index in [1.807, 2.05) is 0 Å². The zero-order valence-corrected chi connectivity index (χ0v) is 10.2. The van der Waals surface area contributed by atoms with E-state index in [2.05, 4.69) is 62.8 Å². The number of anilines is 1. The van der Waals surface area contributed by atoms with Crippen LogP contribution in [0.3, 0.4) is 0 Å². The standard InChI is InChI=1S/C13H22N2/c1-5-8-11-9-6-7-10-12(11)14-15-13(2,3)4/h6-7,9-10,14-15H,5,8H2,1-4H3. The highest BCUT2D eigenvalue weighted by Gasteiger charge is 2.09. The summed E-state index contributed by atoms with van der Waals surface area (Å²) in [4.78, 5) is 0. The number of aryl methyl sites for hydroxylation is 1. The third kappa shape index (κ3) is 4.34. The SMILES string of the molecule is CCCc1ccccc1NNC(C)(C)C. The van der Waals surface area contributed by atoms with Crippen LogP contribution in [-0.2, 0) is 6.42 Å². The van der Waals surface area contributed by atoms with Gasteiger partial charge in [-0.15, -0.1) is 0 Å². The van der Waals surface area contributed by atoms with Crippen LogP contribution in [0.1, 0.15) is 39.7 Å². The number of benzene rings is 1. The normalized spacial score (nSPS) is 11.5. The van der Waals surface area contributed by atoms with E-state index in [9.17, 15) is 0 Å². The van der Waals surface area contributed by atoms with Crippen molar-refractivity contribution in [3.63, 3.8) is 0 Å². The van der Waals surface area contributed by atoms with Crippen LogP contribution in [0.15, 0.2) is 24.3 Å². The Morgan fingerprint density at radius 1 is 1.13 bits per heavy atom. The van der Waals surface area contributed by atoms with Gasteiger partial charge in [0.25, 0.3) is 0 Å². The Morgan fingerprint density at radius 3 is 2.40 bits per heavy atom. The molecule has 0 heterocycles. The highest BCUT2D eigenvalue weighted by molar-refractivity contribution is 5.50. The fraction of sp³-hybridized carbons (Fsp3) is 0.538. The van der Waals surface area contributed by atoms with Gasteiger partial charge in [0.05, 0.1) is 5.69 Å². The van der Waals surface area contributed by atoms with Gasteiger partial charge in [0.1, 0.15) is 0 Å². The first kappa shape index (κ1) is 12.1. The predicted molar refractivity (Wildman–Crippen MR) is 66.9 cm³/mol. The molecule has 1 aromatic carbocycles. The topological polar surface area (TPSA) is 24.1 Å². The third-order valence-corrected chi connectivity index (χ3v) is 2.11. The summed E-state index contributed by atoms with van der Waals surface area (Å²) in [5, 5.41) is 0. The Kier molecular flexibility index (Phi) is 4.15. The molecule has 0 atom stereocenters. The van der Waals surface area contributed by atoms with E-state index in [-0.39, 0.29) is 5.54 Å². The summed E-state index contributed by atoms with van der Waals surface area (Å²) in [7, 11) is 0. The lowest BCUT2D eigenvalue weighted by atomic mass is 10.1. The van der Waals surface area contributed by atoms with Gasteiger partial charge in [0.2, 0.25) is 0 Å². The molecule has 2 N–H and O–H groups in total. The molecule has 2 nitrogen and oxygen atoms in total. The average Bonchev–Trinajstić information content (AvgIpc) is 2.16. The molecule has 1 rings (SSSR count). The summed E-state index contributed by atoms with van der Waals surface area (Å²) < 4.78 is 0. The molecule has 0 aliphatic carbocycles. The first-order valence-electron chi connectivity index (χ1n) is 5.64. The third-order valence-electron chi connectivity index (χ3n) is 2.11. The molecular weight excluding hydrogens is 184 g/mol. The first-order chi connectivity index (χ1) is 7.03. The number of para-hydroxylation sites is 1. The molecule has 0 aliphatic rings. The highest BCUT2D eigenvalue weighted by Crippen LogP contribution is 2.16. The number of nitrogens with one attached hydrogen (secondary N) is 2. The monoisotopic (exact) mass is 206 g/mol. The van der Waals surface area contributed by atoms with Gasteiger partial charge < -0.3 is 5.43 Å². The molecule has 0 aromatic heterocycles. The largest absolute Gasteiger partial charge is 0.321 e. The molecule has 0 spiro atoms. The van der Waals surface area contributed by atoms with Crippen molar-refractivity contribution >= 4 is 5.69 Å². The van der Waals surface area contributed by atoms with E-state index in [0.29, 0.717) is 0 Å². The van der Waals surface area contributed by atoms with E-state index >= 15 is 0 Å². The smallest absolute Gasteiger partial charge is 0.0519 e. The number of hydrogen-bond acceptors (Lipinski definition) is 2. The van der Waals surface area contributed by atoms with E-state index in [1.54, 1.807) is 0 Å². The van der Waals surface area contributed by atoms with Gasteiger partial charge >= 0.3 is 0 Å². The lowest BCUT2D eigenvalue weighted by Crippen LogP contribution is -2.40. The number of hydrogen-bond donors (Lipinski definition) is 2. The van der Waals surface area contributed by atoms with Crippen molar-refractivity contribution in [2.24, 2.45) is 0 Å². The molecule has 0 aliphatic heterocycles. The van der Waals surface area contributed by atoms with Crippen LogP contribution in [0.4, 0.5) is 5.69 Å². The molecule has 0 fully saturated rings. The van der Waals surface area contributed by atoms with Crippen LogP contribution < -0.4 is 10.9 Å². The van der Waals surface area contributed by atoms with Crippen LogP contribution in [0.25, 0.3) is 0 Å². The maximum atomic E-state index is 3.29. The zero-order valence-electron chi connectivity index (χ0n) is 10.2. The highest BCUT2D eigenvalue weighted by atomic mass is 15.4. The summed E-state index contributed by atoms with van der Waals surface area (Å²) in [5.74, 6) is 0. The maximum Gasteiger partial charge on any atom is 0.0519 e. The van der Waals surface area contributed by atoms with Crippen molar-refractivity contribution in [1.29, 1.82) is 0 Å². The summed E-state index contributed by atoms with van der Waals surface area (Å²) in [6.45, 7) is 8.63. The quantitative estimate of drug-likeness (QED) is 0.738. The Balaban J connectivity index is 2.67. The molecule has 0 saturated heterocycles. The molecule has 0 amide bonds. The predicted octanol–water partition coefficient (Wildman–Crippen LogP) is 3.35. The van der Waals surface area contributed by atoms with Crippen molar-refractivity contribution in [2.45, 2.75) is 46.1 Å². The van der Waals surface area contributed by atoms with Crippen LogP contribution in [0, 0.1) is 0 Å². The van der Waals surface area contributed by atoms with Crippen LogP contribution >= 0.6 is 0 Å². The second-order valence-corrected chi connectivity index (χ2v) is 4.91. The molecule has 0 saturated carbocycles. The second kappa shape index (κ2) is 5.17. The Hall–Kier alpha value is -1.02. The fourth-order valence-corrected chi connectivity index (χ4v) is 1.38. The number of hydrazine groups is 1. The lowest BCUT2D eigenvalue weighted by Gasteiger charge is -2.23. The maximum absolute atomic E-state index is 3.29. The van der Waals surface area contributed by atoms with Crippen LogP contribution in [0.2, 0.25) is 0 Å². The summed E-state index contributed by atoms with van der Waals surface area (Å²) in [6.07, 6.45) is 2.29. The molecule has 0 bridgehead atoms. The van der Waals surface area contributed by atoms with Crippen LogP contribution in [0.5, 0.6) is 0 Å². The van der Waals surface area contributed by atoms with Crippen LogP contribution in [-0.4, -0.2) is 5.54 Å². The zero-order chi connectivity index (χ0) is 11.3. The van der Waals surface area contributed by atoms with E-state index in [1.165, 1.54) is 17.7 Å². The summed E-state index contributed by atoms with van der Waals surface area (Å²) in [6, 6.07) is 8.44. The lowest BCUT2D eigenvalue weighted by molar-refractivity contribution is 0.465. The summed E-state index contributed by atoms with van der Waals surface area (Å²) in [5.41, 5.74) is 9.22. The van der Waals surface area contributed by atoms with E-state index in [4.69, 9.17) is 0 Å². The minimum Gasteiger partial charge on any atom is -0.321 e. The molecule has 15 heavy (non-hydrogen) atoms. The molecule has 0 unspecified atom stereocenters. The van der Waals surface area contributed by atoms with Gasteiger partial charge in [-0.25, -0.2) is 5.43 Å². The fourth-order valence-electron chi connectivity index (χ4n) is 1.38. The van der Waals surface area contributed by atoms with Crippen molar-refractivity contribution in [3.05, 3.63) is 29.8 Å².